The van der Waals surface area contributed by atoms with E-state index in [0.29, 0.717) is 6.04 Å². The van der Waals surface area contributed by atoms with Crippen molar-refractivity contribution in [3.8, 4) is 0 Å². The molecule has 0 aliphatic heterocycles. The summed E-state index contributed by atoms with van der Waals surface area (Å²) < 4.78 is 0. The summed E-state index contributed by atoms with van der Waals surface area (Å²) in [5, 5.41) is 7.78. The molecule has 2 rings (SSSR count). The molecule has 0 bridgehead atoms. The first-order chi connectivity index (χ1) is 8.78. The first kappa shape index (κ1) is 14.4. The van der Waals surface area contributed by atoms with Gasteiger partial charge in [0.15, 0.2) is 0 Å². The molecule has 0 aromatic carbocycles. The monoisotopic (exact) mass is 284 g/mol. The number of rotatable bonds is 6. The Labute approximate surface area is 119 Å². The molecule has 1 aliphatic rings. The van der Waals surface area contributed by atoms with Crippen molar-refractivity contribution in [3.63, 3.8) is 0 Å². The Morgan fingerprint density at radius 1 is 1.44 bits per heavy atom. The lowest BCUT2D eigenvalue weighted by molar-refractivity contribution is 0.514. The highest BCUT2D eigenvalue weighted by molar-refractivity contribution is 7.99. The largest absolute Gasteiger partial charge is 0.316 e. The number of nitrogens with zero attached hydrogens (tertiary/aromatic N) is 1. The van der Waals surface area contributed by atoms with E-state index in [2.05, 4.69) is 41.4 Å². The van der Waals surface area contributed by atoms with Gasteiger partial charge in [0, 0.05) is 34.5 Å². The fourth-order valence-corrected chi connectivity index (χ4v) is 4.74. The summed E-state index contributed by atoms with van der Waals surface area (Å²) in [6, 6.07) is 0.572. The second-order valence-electron chi connectivity index (χ2n) is 5.17. The van der Waals surface area contributed by atoms with E-state index in [1.807, 2.05) is 0 Å². The maximum absolute atomic E-state index is 4.56. The summed E-state index contributed by atoms with van der Waals surface area (Å²) in [6.45, 7) is 2.07. The minimum atomic E-state index is 0.572. The Morgan fingerprint density at radius 3 is 2.83 bits per heavy atom. The van der Waals surface area contributed by atoms with Gasteiger partial charge in [-0.15, -0.1) is 11.3 Å². The van der Waals surface area contributed by atoms with Crippen molar-refractivity contribution in [1.82, 2.24) is 10.3 Å². The van der Waals surface area contributed by atoms with Crippen molar-refractivity contribution >= 4 is 23.1 Å². The van der Waals surface area contributed by atoms with E-state index in [9.17, 15) is 0 Å². The van der Waals surface area contributed by atoms with Crippen molar-refractivity contribution in [1.29, 1.82) is 0 Å². The van der Waals surface area contributed by atoms with Crippen molar-refractivity contribution in [2.75, 3.05) is 12.8 Å². The molecule has 0 amide bonds. The molecule has 1 aliphatic carbocycles. The molecule has 0 spiro atoms. The van der Waals surface area contributed by atoms with Gasteiger partial charge in [0.25, 0.3) is 0 Å². The summed E-state index contributed by atoms with van der Waals surface area (Å²) in [7, 11) is 2.08. The molecule has 1 atom stereocenters. The van der Waals surface area contributed by atoms with Gasteiger partial charge in [0.2, 0.25) is 0 Å². The number of likely N-dealkylation sites (N-methyl/N-ethyl adjacent to an activating group) is 1. The van der Waals surface area contributed by atoms with E-state index in [-0.39, 0.29) is 0 Å². The summed E-state index contributed by atoms with van der Waals surface area (Å²) in [4.78, 5) is 4.56. The topological polar surface area (TPSA) is 24.9 Å². The predicted molar refractivity (Wildman–Crippen MR) is 82.7 cm³/mol. The van der Waals surface area contributed by atoms with Crippen LogP contribution in [0.15, 0.2) is 5.38 Å². The molecular formula is C14H24N2S2. The average Bonchev–Trinajstić information content (AvgIpc) is 2.81. The fraction of sp³-hybridized carbons (Fsp3) is 0.786. The van der Waals surface area contributed by atoms with E-state index in [1.165, 1.54) is 42.9 Å². The number of hydrogen-bond acceptors (Lipinski definition) is 4. The van der Waals surface area contributed by atoms with E-state index in [1.54, 1.807) is 11.3 Å². The molecule has 1 aromatic rings. The van der Waals surface area contributed by atoms with E-state index >= 15 is 0 Å². The maximum atomic E-state index is 4.56. The summed E-state index contributed by atoms with van der Waals surface area (Å²) in [5.41, 5.74) is 1.16. The summed E-state index contributed by atoms with van der Waals surface area (Å²) >= 11 is 3.96. The quantitative estimate of drug-likeness (QED) is 0.863. The van der Waals surface area contributed by atoms with E-state index in [0.717, 1.165) is 17.4 Å². The zero-order chi connectivity index (χ0) is 12.8. The Kier molecular flexibility index (Phi) is 5.99. The molecule has 1 saturated carbocycles. The van der Waals surface area contributed by atoms with Crippen LogP contribution in [0.4, 0.5) is 0 Å². The number of thiazole rings is 1. The molecule has 18 heavy (non-hydrogen) atoms. The highest BCUT2D eigenvalue weighted by Gasteiger charge is 2.16. The number of hydrogen-bond donors (Lipinski definition) is 1. The van der Waals surface area contributed by atoms with E-state index in [4.69, 9.17) is 0 Å². The van der Waals surface area contributed by atoms with Crippen LogP contribution in [0.25, 0.3) is 0 Å². The fourth-order valence-electron chi connectivity index (χ4n) is 2.44. The molecule has 1 heterocycles. The van der Waals surface area contributed by atoms with Crippen molar-refractivity contribution < 1.29 is 0 Å². The van der Waals surface area contributed by atoms with Gasteiger partial charge in [-0.2, -0.15) is 11.8 Å². The van der Waals surface area contributed by atoms with Crippen LogP contribution in [0, 0.1) is 6.92 Å². The molecular weight excluding hydrogens is 260 g/mol. The smallest absolute Gasteiger partial charge is 0.0943 e. The van der Waals surface area contributed by atoms with Crippen LogP contribution in [-0.2, 0) is 6.42 Å². The molecule has 1 fully saturated rings. The Bertz CT molecular complexity index is 345. The first-order valence-corrected chi connectivity index (χ1v) is 8.90. The molecule has 4 heteroatoms. The number of thioether (sulfide) groups is 1. The van der Waals surface area contributed by atoms with Crippen molar-refractivity contribution in [2.45, 2.75) is 56.7 Å². The molecule has 0 saturated heterocycles. The average molecular weight is 284 g/mol. The second-order valence-corrected chi connectivity index (χ2v) is 7.44. The molecule has 1 unspecified atom stereocenters. The van der Waals surface area contributed by atoms with Crippen LogP contribution in [0.1, 0.15) is 42.8 Å². The van der Waals surface area contributed by atoms with Gasteiger partial charge < -0.3 is 5.32 Å². The summed E-state index contributed by atoms with van der Waals surface area (Å²) in [6.07, 6.45) is 8.26. The third-order valence-electron chi connectivity index (χ3n) is 3.58. The minimum absolute atomic E-state index is 0.572. The molecule has 0 radical (unpaired) electrons. The Hall–Kier alpha value is -0.0600. The lowest BCUT2D eigenvalue weighted by atomic mass is 10.0. The van der Waals surface area contributed by atoms with Crippen LogP contribution in [-0.4, -0.2) is 29.1 Å². The number of aryl methyl sites for hydroxylation is 1. The Morgan fingerprint density at radius 2 is 2.22 bits per heavy atom. The highest BCUT2D eigenvalue weighted by Crippen LogP contribution is 2.29. The van der Waals surface area contributed by atoms with Crippen LogP contribution in [0.2, 0.25) is 0 Å². The maximum Gasteiger partial charge on any atom is 0.0943 e. The van der Waals surface area contributed by atoms with Crippen LogP contribution >= 0.6 is 23.1 Å². The lowest BCUT2D eigenvalue weighted by Crippen LogP contribution is -2.31. The predicted octanol–water partition coefficient (Wildman–Crippen LogP) is 3.65. The van der Waals surface area contributed by atoms with Gasteiger partial charge >= 0.3 is 0 Å². The molecule has 1 aromatic heterocycles. The van der Waals surface area contributed by atoms with E-state index < -0.39 is 0 Å². The normalized spacial score (nSPS) is 19.0. The number of nitrogens with one attached hydrogen (secondary N) is 1. The van der Waals surface area contributed by atoms with Gasteiger partial charge in [0.05, 0.1) is 5.01 Å². The Balaban J connectivity index is 1.74. The van der Waals surface area contributed by atoms with Crippen molar-refractivity contribution in [2.24, 2.45) is 0 Å². The summed E-state index contributed by atoms with van der Waals surface area (Å²) in [5.74, 6) is 1.22. The molecule has 2 nitrogen and oxygen atoms in total. The highest BCUT2D eigenvalue weighted by atomic mass is 32.2. The van der Waals surface area contributed by atoms with Gasteiger partial charge in [-0.3, -0.25) is 0 Å². The zero-order valence-corrected chi connectivity index (χ0v) is 13.1. The van der Waals surface area contributed by atoms with Crippen LogP contribution in [0.3, 0.4) is 0 Å². The third-order valence-corrected chi connectivity index (χ3v) is 6.11. The third kappa shape index (κ3) is 4.56. The van der Waals surface area contributed by atoms with Gasteiger partial charge in [-0.05, 0) is 26.8 Å². The number of aromatic nitrogens is 1. The zero-order valence-electron chi connectivity index (χ0n) is 11.4. The molecule has 102 valence electrons. The minimum Gasteiger partial charge on any atom is -0.316 e. The molecule has 1 N–H and O–H groups in total. The van der Waals surface area contributed by atoms with Crippen LogP contribution < -0.4 is 5.32 Å². The van der Waals surface area contributed by atoms with Gasteiger partial charge in [-0.1, -0.05) is 19.3 Å². The standard InChI is InChI=1S/C14H24N2S2/c1-11-9-18-14(16-11)8-12(15-2)10-17-13-6-4-3-5-7-13/h9,12-13,15H,3-8,10H2,1-2H3. The van der Waals surface area contributed by atoms with Crippen molar-refractivity contribution in [3.05, 3.63) is 16.1 Å². The first-order valence-electron chi connectivity index (χ1n) is 6.98. The lowest BCUT2D eigenvalue weighted by Gasteiger charge is -2.23. The second kappa shape index (κ2) is 7.51. The van der Waals surface area contributed by atoms with Crippen LogP contribution in [0.5, 0.6) is 0 Å². The van der Waals surface area contributed by atoms with Gasteiger partial charge in [0.1, 0.15) is 0 Å². The SMILES string of the molecule is CNC(CSC1CCCCC1)Cc1nc(C)cs1. The van der Waals surface area contributed by atoms with Gasteiger partial charge in [-0.25, -0.2) is 4.98 Å².